The van der Waals surface area contributed by atoms with Crippen molar-refractivity contribution in [1.82, 2.24) is 4.98 Å². The van der Waals surface area contributed by atoms with Crippen LogP contribution in [0.1, 0.15) is 12.8 Å². The molecule has 3 nitrogen and oxygen atoms in total. The zero-order valence-electron chi connectivity index (χ0n) is 7.12. The van der Waals surface area contributed by atoms with Gasteiger partial charge in [0.25, 0.3) is 0 Å². The fourth-order valence-electron chi connectivity index (χ4n) is 1.35. The van der Waals surface area contributed by atoms with Crippen molar-refractivity contribution in [3.8, 4) is 0 Å². The summed E-state index contributed by atoms with van der Waals surface area (Å²) in [4.78, 5) is 4.12. The summed E-state index contributed by atoms with van der Waals surface area (Å²) in [7, 11) is 0. The zero-order valence-corrected chi connectivity index (χ0v) is 8.70. The number of hydrogen-bond acceptors (Lipinski definition) is 4. The van der Waals surface area contributed by atoms with Crippen LogP contribution in [0, 0.1) is 0 Å². The lowest BCUT2D eigenvalue weighted by Crippen LogP contribution is -2.29. The first-order valence-corrected chi connectivity index (χ1v) is 5.55. The largest absolute Gasteiger partial charge is 0.379 e. The van der Waals surface area contributed by atoms with Gasteiger partial charge in [-0.1, -0.05) is 11.6 Å². The Labute approximate surface area is 86.1 Å². The number of hydrogen-bond donors (Lipinski definition) is 1. The van der Waals surface area contributed by atoms with E-state index < -0.39 is 0 Å². The Bertz CT molecular complexity index is 273. The predicted molar refractivity (Wildman–Crippen MR) is 54.6 cm³/mol. The number of ether oxygens (including phenoxy) is 1. The summed E-state index contributed by atoms with van der Waals surface area (Å²) in [5.41, 5.74) is 0. The van der Waals surface area contributed by atoms with Crippen molar-refractivity contribution in [1.29, 1.82) is 0 Å². The van der Waals surface area contributed by atoms with Crippen molar-refractivity contribution in [3.63, 3.8) is 0 Å². The van der Waals surface area contributed by atoms with Crippen LogP contribution in [0.3, 0.4) is 0 Å². The van der Waals surface area contributed by atoms with E-state index in [2.05, 4.69) is 10.3 Å². The van der Waals surface area contributed by atoms with E-state index in [1.165, 1.54) is 11.3 Å². The molecule has 0 bridgehead atoms. The van der Waals surface area contributed by atoms with E-state index in [-0.39, 0.29) is 0 Å². The minimum Gasteiger partial charge on any atom is -0.379 e. The molecule has 2 heterocycles. The molecule has 1 N–H and O–H groups in total. The molecule has 1 aromatic rings. The number of thiazole rings is 1. The van der Waals surface area contributed by atoms with Gasteiger partial charge in [-0.05, 0) is 12.8 Å². The summed E-state index contributed by atoms with van der Waals surface area (Å²) in [5, 5.41) is 6.58. The highest BCUT2D eigenvalue weighted by molar-refractivity contribution is 7.14. The van der Waals surface area contributed by atoms with Gasteiger partial charge in [-0.25, -0.2) is 4.98 Å². The average Bonchev–Trinajstić information content (AvgIpc) is 2.53. The molecule has 1 saturated heterocycles. The van der Waals surface area contributed by atoms with Crippen molar-refractivity contribution in [2.75, 3.05) is 18.5 Å². The molecule has 0 spiro atoms. The number of nitrogens with zero attached hydrogens (tertiary/aromatic N) is 1. The monoisotopic (exact) mass is 218 g/mol. The molecule has 13 heavy (non-hydrogen) atoms. The van der Waals surface area contributed by atoms with Gasteiger partial charge in [-0.15, -0.1) is 11.3 Å². The molecule has 1 fully saturated rings. The molecule has 1 aliphatic rings. The minimum atomic E-state index is 0.399. The quantitative estimate of drug-likeness (QED) is 0.828. The Morgan fingerprint density at radius 3 is 3.23 bits per heavy atom. The normalized spacial score (nSPS) is 23.0. The van der Waals surface area contributed by atoms with Crippen LogP contribution in [-0.2, 0) is 4.74 Å². The Morgan fingerprint density at radius 1 is 1.69 bits per heavy atom. The minimum absolute atomic E-state index is 0.399. The predicted octanol–water partition coefficient (Wildman–Crippen LogP) is 2.39. The molecule has 2 rings (SSSR count). The summed E-state index contributed by atoms with van der Waals surface area (Å²) in [6.45, 7) is 1.66. The molecule has 0 saturated carbocycles. The molecule has 1 atom stereocenters. The fraction of sp³-hybridized carbons (Fsp3) is 0.625. The SMILES string of the molecule is Clc1csc(NC2CCCOC2)n1. The molecule has 0 radical (unpaired) electrons. The van der Waals surface area contributed by atoms with E-state index in [1.54, 1.807) is 0 Å². The van der Waals surface area contributed by atoms with E-state index in [0.717, 1.165) is 31.2 Å². The van der Waals surface area contributed by atoms with Gasteiger partial charge in [0.2, 0.25) is 0 Å². The maximum atomic E-state index is 5.71. The van der Waals surface area contributed by atoms with Gasteiger partial charge >= 0.3 is 0 Å². The van der Waals surface area contributed by atoms with Gasteiger partial charge in [0.1, 0.15) is 5.15 Å². The zero-order chi connectivity index (χ0) is 9.10. The highest BCUT2D eigenvalue weighted by Gasteiger charge is 2.14. The average molecular weight is 219 g/mol. The first kappa shape index (κ1) is 9.24. The molecule has 1 aliphatic heterocycles. The van der Waals surface area contributed by atoms with Crippen molar-refractivity contribution in [3.05, 3.63) is 10.5 Å². The van der Waals surface area contributed by atoms with Crippen LogP contribution in [0.5, 0.6) is 0 Å². The molecular formula is C8H11ClN2OS. The second-order valence-electron chi connectivity index (χ2n) is 3.03. The number of aromatic nitrogens is 1. The van der Waals surface area contributed by atoms with E-state index in [0.29, 0.717) is 11.2 Å². The van der Waals surface area contributed by atoms with Crippen molar-refractivity contribution in [2.24, 2.45) is 0 Å². The molecule has 0 amide bonds. The second-order valence-corrected chi connectivity index (χ2v) is 4.28. The maximum absolute atomic E-state index is 5.71. The van der Waals surface area contributed by atoms with Crippen LogP contribution in [0.4, 0.5) is 5.13 Å². The van der Waals surface area contributed by atoms with Gasteiger partial charge in [0, 0.05) is 12.0 Å². The summed E-state index contributed by atoms with van der Waals surface area (Å²) in [6, 6.07) is 0.399. The van der Waals surface area contributed by atoms with Crippen LogP contribution in [0.25, 0.3) is 0 Å². The molecular weight excluding hydrogens is 208 g/mol. The third-order valence-corrected chi connectivity index (χ3v) is 3.06. The second kappa shape index (κ2) is 4.26. The number of rotatable bonds is 2. The molecule has 0 aromatic carbocycles. The van der Waals surface area contributed by atoms with Crippen LogP contribution >= 0.6 is 22.9 Å². The standard InChI is InChI=1S/C8H11ClN2OS/c9-7-5-13-8(11-7)10-6-2-1-3-12-4-6/h5-6H,1-4H2,(H,10,11). The van der Waals surface area contributed by atoms with Gasteiger partial charge in [-0.3, -0.25) is 0 Å². The molecule has 0 aliphatic carbocycles. The first-order valence-electron chi connectivity index (χ1n) is 4.30. The maximum Gasteiger partial charge on any atom is 0.184 e. The van der Waals surface area contributed by atoms with Crippen LogP contribution in [-0.4, -0.2) is 24.2 Å². The van der Waals surface area contributed by atoms with E-state index >= 15 is 0 Å². The lowest BCUT2D eigenvalue weighted by Gasteiger charge is -2.22. The van der Waals surface area contributed by atoms with Crippen molar-refractivity contribution in [2.45, 2.75) is 18.9 Å². The third-order valence-electron chi connectivity index (χ3n) is 1.96. The number of anilines is 1. The van der Waals surface area contributed by atoms with Crippen LogP contribution in [0.2, 0.25) is 5.15 Å². The van der Waals surface area contributed by atoms with Gasteiger partial charge < -0.3 is 10.1 Å². The lowest BCUT2D eigenvalue weighted by atomic mass is 10.1. The number of nitrogens with one attached hydrogen (secondary N) is 1. The molecule has 1 unspecified atom stereocenters. The molecule has 72 valence electrons. The molecule has 1 aromatic heterocycles. The number of halogens is 1. The van der Waals surface area contributed by atoms with Crippen molar-refractivity contribution >= 4 is 28.1 Å². The van der Waals surface area contributed by atoms with Gasteiger partial charge in [0.15, 0.2) is 5.13 Å². The summed E-state index contributed by atoms with van der Waals surface area (Å²) in [6.07, 6.45) is 2.27. The Kier molecular flexibility index (Phi) is 3.03. The highest BCUT2D eigenvalue weighted by Crippen LogP contribution is 2.21. The smallest absolute Gasteiger partial charge is 0.184 e. The van der Waals surface area contributed by atoms with Crippen LogP contribution < -0.4 is 5.32 Å². The third kappa shape index (κ3) is 2.56. The van der Waals surface area contributed by atoms with Crippen molar-refractivity contribution < 1.29 is 4.74 Å². The fourth-order valence-corrected chi connectivity index (χ4v) is 2.27. The Morgan fingerprint density at radius 2 is 2.62 bits per heavy atom. The highest BCUT2D eigenvalue weighted by atomic mass is 35.5. The Balaban J connectivity index is 1.89. The molecule has 5 heteroatoms. The topological polar surface area (TPSA) is 34.1 Å². The summed E-state index contributed by atoms with van der Waals surface area (Å²) in [5.74, 6) is 0. The summed E-state index contributed by atoms with van der Waals surface area (Å²) < 4.78 is 5.34. The van der Waals surface area contributed by atoms with E-state index in [4.69, 9.17) is 16.3 Å². The Hall–Kier alpha value is -0.320. The van der Waals surface area contributed by atoms with E-state index in [1.807, 2.05) is 5.38 Å². The van der Waals surface area contributed by atoms with Gasteiger partial charge in [-0.2, -0.15) is 0 Å². The summed E-state index contributed by atoms with van der Waals surface area (Å²) >= 11 is 7.24. The van der Waals surface area contributed by atoms with Crippen LogP contribution in [0.15, 0.2) is 5.38 Å². The van der Waals surface area contributed by atoms with E-state index in [9.17, 15) is 0 Å². The lowest BCUT2D eigenvalue weighted by molar-refractivity contribution is 0.0876. The van der Waals surface area contributed by atoms with Gasteiger partial charge in [0.05, 0.1) is 12.6 Å². The first-order chi connectivity index (χ1) is 6.34.